The fourth-order valence-corrected chi connectivity index (χ4v) is 2.70. The summed E-state index contributed by atoms with van der Waals surface area (Å²) < 4.78 is 6.16. The van der Waals surface area contributed by atoms with E-state index in [1.165, 1.54) is 6.33 Å². The van der Waals surface area contributed by atoms with Gasteiger partial charge in [0, 0.05) is 20.8 Å². The molecule has 2 rings (SSSR count). The van der Waals surface area contributed by atoms with E-state index in [0.29, 0.717) is 17.3 Å². The fourth-order valence-electron chi connectivity index (χ4n) is 1.23. The summed E-state index contributed by atoms with van der Waals surface area (Å²) in [6.45, 7) is 0. The summed E-state index contributed by atoms with van der Waals surface area (Å²) in [4.78, 5) is 8.05. The van der Waals surface area contributed by atoms with Crippen LogP contribution in [-0.4, -0.2) is 17.1 Å². The molecule has 2 N–H and O–H groups in total. The van der Waals surface area contributed by atoms with Gasteiger partial charge in [-0.2, -0.15) is 11.3 Å². The number of ether oxygens (including phenoxy) is 1. The zero-order valence-corrected chi connectivity index (χ0v) is 10.3. The van der Waals surface area contributed by atoms with Crippen LogP contribution in [0.15, 0.2) is 21.6 Å². The first-order valence-corrected chi connectivity index (χ1v) is 5.84. The van der Waals surface area contributed by atoms with Gasteiger partial charge in [-0.15, -0.1) is 0 Å². The topological polar surface area (TPSA) is 61.0 Å². The zero-order chi connectivity index (χ0) is 10.8. The third-order valence-electron chi connectivity index (χ3n) is 1.91. The van der Waals surface area contributed by atoms with E-state index in [1.54, 1.807) is 18.4 Å². The zero-order valence-electron chi connectivity index (χ0n) is 7.90. The van der Waals surface area contributed by atoms with Crippen molar-refractivity contribution < 1.29 is 4.74 Å². The van der Waals surface area contributed by atoms with Crippen molar-refractivity contribution in [1.82, 2.24) is 9.97 Å². The highest BCUT2D eigenvalue weighted by Gasteiger charge is 2.14. The SMILES string of the molecule is COc1c(N)ncnc1-c1cscc1Br. The number of halogens is 1. The molecule has 0 saturated heterocycles. The van der Waals surface area contributed by atoms with Gasteiger partial charge < -0.3 is 10.5 Å². The molecule has 4 nitrogen and oxygen atoms in total. The maximum atomic E-state index is 5.70. The number of thiophene rings is 1. The predicted octanol–water partition coefficient (Wildman–Crippen LogP) is 2.56. The number of nitrogens with two attached hydrogens (primary N) is 1. The van der Waals surface area contributed by atoms with Crippen molar-refractivity contribution in [3.63, 3.8) is 0 Å². The number of nitrogens with zero attached hydrogens (tertiary/aromatic N) is 2. The first kappa shape index (κ1) is 10.4. The Morgan fingerprint density at radius 2 is 2.20 bits per heavy atom. The molecular weight excluding hydrogens is 278 g/mol. The summed E-state index contributed by atoms with van der Waals surface area (Å²) in [7, 11) is 1.55. The van der Waals surface area contributed by atoms with E-state index < -0.39 is 0 Å². The van der Waals surface area contributed by atoms with Crippen molar-refractivity contribution >= 4 is 33.1 Å². The Balaban J connectivity index is 2.63. The minimum Gasteiger partial charge on any atom is -0.491 e. The van der Waals surface area contributed by atoms with E-state index in [2.05, 4.69) is 25.9 Å². The highest BCUT2D eigenvalue weighted by molar-refractivity contribution is 9.10. The highest BCUT2D eigenvalue weighted by Crippen LogP contribution is 2.37. The molecule has 0 unspecified atom stereocenters. The van der Waals surface area contributed by atoms with Gasteiger partial charge in [-0.25, -0.2) is 9.97 Å². The van der Waals surface area contributed by atoms with Gasteiger partial charge in [0.2, 0.25) is 0 Å². The number of aromatic nitrogens is 2. The van der Waals surface area contributed by atoms with Gasteiger partial charge in [0.15, 0.2) is 11.6 Å². The summed E-state index contributed by atoms with van der Waals surface area (Å²) >= 11 is 5.03. The molecule has 0 atom stereocenters. The maximum Gasteiger partial charge on any atom is 0.187 e. The van der Waals surface area contributed by atoms with Gasteiger partial charge in [0.1, 0.15) is 12.0 Å². The molecule has 0 aliphatic carbocycles. The summed E-state index contributed by atoms with van der Waals surface area (Å²) in [6, 6.07) is 0. The van der Waals surface area contributed by atoms with Crippen LogP contribution in [0.3, 0.4) is 0 Å². The number of rotatable bonds is 2. The smallest absolute Gasteiger partial charge is 0.187 e. The van der Waals surface area contributed by atoms with Gasteiger partial charge >= 0.3 is 0 Å². The molecule has 0 saturated carbocycles. The lowest BCUT2D eigenvalue weighted by molar-refractivity contribution is 0.415. The Hall–Kier alpha value is -1.14. The van der Waals surface area contributed by atoms with Crippen LogP contribution in [0.4, 0.5) is 5.82 Å². The van der Waals surface area contributed by atoms with E-state index in [4.69, 9.17) is 10.5 Å². The average molecular weight is 286 g/mol. The lowest BCUT2D eigenvalue weighted by Gasteiger charge is -2.07. The molecule has 2 aromatic heterocycles. The minimum atomic E-state index is 0.348. The van der Waals surface area contributed by atoms with E-state index in [0.717, 1.165) is 10.0 Å². The van der Waals surface area contributed by atoms with Crippen molar-refractivity contribution in [2.45, 2.75) is 0 Å². The number of anilines is 1. The van der Waals surface area contributed by atoms with Crippen LogP contribution in [-0.2, 0) is 0 Å². The lowest BCUT2D eigenvalue weighted by Crippen LogP contribution is -1.99. The molecule has 0 spiro atoms. The third-order valence-corrected chi connectivity index (χ3v) is 3.61. The van der Waals surface area contributed by atoms with E-state index in [-0.39, 0.29) is 0 Å². The van der Waals surface area contributed by atoms with E-state index >= 15 is 0 Å². The summed E-state index contributed by atoms with van der Waals surface area (Å²) in [5.41, 5.74) is 7.37. The molecular formula is C9H8BrN3OS. The highest BCUT2D eigenvalue weighted by atomic mass is 79.9. The molecule has 78 valence electrons. The van der Waals surface area contributed by atoms with Crippen LogP contribution < -0.4 is 10.5 Å². The van der Waals surface area contributed by atoms with Gasteiger partial charge in [0.05, 0.1) is 7.11 Å². The average Bonchev–Trinajstić information content (AvgIpc) is 2.64. The number of hydrogen-bond donors (Lipinski definition) is 1. The van der Waals surface area contributed by atoms with Crippen molar-refractivity contribution in [3.05, 3.63) is 21.6 Å². The second kappa shape index (κ2) is 4.16. The standard InChI is InChI=1S/C9H8BrN3OS/c1-14-8-7(12-4-13-9(8)11)5-2-15-3-6(5)10/h2-4H,1H3,(H2,11,12,13). The second-order valence-corrected chi connectivity index (χ2v) is 4.37. The van der Waals surface area contributed by atoms with Crippen molar-refractivity contribution in [3.8, 4) is 17.0 Å². The third kappa shape index (κ3) is 1.82. The largest absolute Gasteiger partial charge is 0.491 e. The Kier molecular flexibility index (Phi) is 2.88. The van der Waals surface area contributed by atoms with Crippen LogP contribution in [0.25, 0.3) is 11.3 Å². The number of methoxy groups -OCH3 is 1. The Labute approximate surface area is 99.3 Å². The Morgan fingerprint density at radius 3 is 2.80 bits per heavy atom. The molecule has 2 aromatic rings. The molecule has 6 heteroatoms. The van der Waals surface area contributed by atoms with Crippen molar-refractivity contribution in [2.75, 3.05) is 12.8 Å². The van der Waals surface area contributed by atoms with Crippen LogP contribution in [0.1, 0.15) is 0 Å². The predicted molar refractivity (Wildman–Crippen MR) is 64.0 cm³/mol. The Morgan fingerprint density at radius 1 is 1.40 bits per heavy atom. The summed E-state index contributed by atoms with van der Waals surface area (Å²) in [5.74, 6) is 0.859. The van der Waals surface area contributed by atoms with Crippen LogP contribution in [0, 0.1) is 0 Å². The number of hydrogen-bond acceptors (Lipinski definition) is 5. The monoisotopic (exact) mass is 285 g/mol. The van der Waals surface area contributed by atoms with E-state index in [9.17, 15) is 0 Å². The molecule has 0 bridgehead atoms. The normalized spacial score (nSPS) is 10.3. The minimum absolute atomic E-state index is 0.348. The molecule has 0 aliphatic heterocycles. The molecule has 0 aromatic carbocycles. The van der Waals surface area contributed by atoms with Gasteiger partial charge in [-0.1, -0.05) is 0 Å². The van der Waals surface area contributed by atoms with Crippen LogP contribution in [0.5, 0.6) is 5.75 Å². The molecule has 0 amide bonds. The van der Waals surface area contributed by atoms with E-state index in [1.807, 2.05) is 10.8 Å². The maximum absolute atomic E-state index is 5.70. The molecule has 2 heterocycles. The number of nitrogen functional groups attached to an aromatic ring is 1. The van der Waals surface area contributed by atoms with Gasteiger partial charge in [0.25, 0.3) is 0 Å². The lowest BCUT2D eigenvalue weighted by atomic mass is 10.2. The molecule has 0 fully saturated rings. The fraction of sp³-hybridized carbons (Fsp3) is 0.111. The van der Waals surface area contributed by atoms with Crippen LogP contribution in [0.2, 0.25) is 0 Å². The Bertz CT molecular complexity index is 486. The summed E-state index contributed by atoms with van der Waals surface area (Å²) in [6.07, 6.45) is 1.43. The molecule has 15 heavy (non-hydrogen) atoms. The molecule has 0 aliphatic rings. The van der Waals surface area contributed by atoms with Crippen LogP contribution >= 0.6 is 27.3 Å². The summed E-state index contributed by atoms with van der Waals surface area (Å²) in [5, 5.41) is 3.96. The second-order valence-electron chi connectivity index (χ2n) is 2.77. The van der Waals surface area contributed by atoms with Gasteiger partial charge in [-0.3, -0.25) is 0 Å². The first-order chi connectivity index (χ1) is 7.24. The van der Waals surface area contributed by atoms with Crippen molar-refractivity contribution in [2.24, 2.45) is 0 Å². The molecule has 0 radical (unpaired) electrons. The first-order valence-electron chi connectivity index (χ1n) is 4.10. The quantitative estimate of drug-likeness (QED) is 0.921. The van der Waals surface area contributed by atoms with Gasteiger partial charge in [-0.05, 0) is 15.9 Å². The van der Waals surface area contributed by atoms with Crippen molar-refractivity contribution in [1.29, 1.82) is 0 Å².